The number of ether oxygens (including phenoxy) is 1. The minimum atomic E-state index is -0.789. The predicted molar refractivity (Wildman–Crippen MR) is 69.8 cm³/mol. The Morgan fingerprint density at radius 1 is 1.32 bits per heavy atom. The molecule has 2 aliphatic rings. The van der Waals surface area contributed by atoms with E-state index in [0.717, 1.165) is 0 Å². The van der Waals surface area contributed by atoms with Crippen molar-refractivity contribution in [3.63, 3.8) is 0 Å². The van der Waals surface area contributed by atoms with Gasteiger partial charge in [-0.25, -0.2) is 4.79 Å². The third-order valence-electron chi connectivity index (χ3n) is 4.34. The number of aliphatic carboxylic acids is 1. The molecule has 0 bridgehead atoms. The van der Waals surface area contributed by atoms with Crippen molar-refractivity contribution < 1.29 is 19.4 Å². The smallest absolute Gasteiger partial charge is 0.410 e. The van der Waals surface area contributed by atoms with Crippen LogP contribution in [0.4, 0.5) is 4.79 Å². The highest BCUT2D eigenvalue weighted by atomic mass is 16.6. The molecule has 1 amide bonds. The van der Waals surface area contributed by atoms with Crippen molar-refractivity contribution >= 4 is 12.1 Å². The fourth-order valence-corrected chi connectivity index (χ4v) is 3.65. The molecule has 2 fully saturated rings. The van der Waals surface area contributed by atoms with Crippen LogP contribution in [0, 0.1) is 16.7 Å². The van der Waals surface area contributed by atoms with Gasteiger partial charge in [0.15, 0.2) is 0 Å². The van der Waals surface area contributed by atoms with E-state index in [1.807, 2.05) is 20.8 Å². The minimum absolute atomic E-state index is 0.0185. The molecule has 19 heavy (non-hydrogen) atoms. The maximum atomic E-state index is 12.1. The summed E-state index contributed by atoms with van der Waals surface area (Å²) in [6.45, 7) is 10.3. The number of amides is 1. The number of likely N-dealkylation sites (tertiary alicyclic amines) is 1. The number of hydrogen-bond acceptors (Lipinski definition) is 3. The maximum absolute atomic E-state index is 12.1. The quantitative estimate of drug-likeness (QED) is 0.793. The van der Waals surface area contributed by atoms with E-state index in [2.05, 4.69) is 13.8 Å². The largest absolute Gasteiger partial charge is 0.481 e. The average Bonchev–Trinajstić information content (AvgIpc) is 2.51. The molecule has 0 aromatic carbocycles. The predicted octanol–water partition coefficient (Wildman–Crippen LogP) is 2.35. The fourth-order valence-electron chi connectivity index (χ4n) is 3.65. The van der Waals surface area contributed by atoms with Crippen LogP contribution in [-0.4, -0.2) is 40.8 Å². The van der Waals surface area contributed by atoms with E-state index in [9.17, 15) is 14.7 Å². The monoisotopic (exact) mass is 269 g/mol. The van der Waals surface area contributed by atoms with Gasteiger partial charge < -0.3 is 14.7 Å². The lowest BCUT2D eigenvalue weighted by atomic mass is 9.48. The first kappa shape index (κ1) is 14.2. The second-order valence-corrected chi connectivity index (χ2v) is 7.54. The first-order valence-corrected chi connectivity index (χ1v) is 6.69. The first-order chi connectivity index (χ1) is 8.48. The lowest BCUT2D eigenvalue weighted by molar-refractivity contribution is -0.170. The van der Waals surface area contributed by atoms with E-state index in [-0.39, 0.29) is 17.9 Å². The second-order valence-electron chi connectivity index (χ2n) is 7.54. The normalized spacial score (nSPS) is 32.5. The van der Waals surface area contributed by atoms with Crippen molar-refractivity contribution in [2.45, 2.75) is 46.6 Å². The van der Waals surface area contributed by atoms with Crippen molar-refractivity contribution in [2.75, 3.05) is 13.1 Å². The van der Waals surface area contributed by atoms with Gasteiger partial charge in [-0.05, 0) is 38.5 Å². The molecular formula is C14H23NO4. The number of nitrogens with zero attached hydrogens (tertiary/aromatic N) is 1. The van der Waals surface area contributed by atoms with Gasteiger partial charge in [0, 0.05) is 13.1 Å². The van der Waals surface area contributed by atoms with E-state index in [1.54, 1.807) is 4.90 Å². The van der Waals surface area contributed by atoms with Gasteiger partial charge >= 0.3 is 12.1 Å². The molecule has 0 aromatic heterocycles. The number of rotatable bonds is 1. The van der Waals surface area contributed by atoms with Crippen LogP contribution in [0.25, 0.3) is 0 Å². The van der Waals surface area contributed by atoms with Crippen molar-refractivity contribution in [1.29, 1.82) is 0 Å². The summed E-state index contributed by atoms with van der Waals surface area (Å²) in [5.41, 5.74) is -1.33. The van der Waals surface area contributed by atoms with Crippen LogP contribution in [0.5, 0.6) is 0 Å². The number of carboxylic acids is 1. The topological polar surface area (TPSA) is 66.8 Å². The summed E-state index contributed by atoms with van der Waals surface area (Å²) in [7, 11) is 0. The van der Waals surface area contributed by atoms with Gasteiger partial charge in [-0.3, -0.25) is 4.79 Å². The summed E-state index contributed by atoms with van der Waals surface area (Å²) in [5, 5.41) is 9.48. The van der Waals surface area contributed by atoms with Crippen LogP contribution in [0.1, 0.15) is 41.0 Å². The van der Waals surface area contributed by atoms with E-state index in [4.69, 9.17) is 4.74 Å². The molecule has 1 aliphatic carbocycles. The molecule has 2 rings (SSSR count). The highest BCUT2D eigenvalue weighted by molar-refractivity contribution is 5.80. The summed E-state index contributed by atoms with van der Waals surface area (Å²) in [6.07, 6.45) is 0.220. The molecular weight excluding hydrogens is 246 g/mol. The van der Waals surface area contributed by atoms with E-state index >= 15 is 0 Å². The lowest BCUT2D eigenvalue weighted by Gasteiger charge is -2.53. The zero-order valence-corrected chi connectivity index (χ0v) is 12.3. The summed E-state index contributed by atoms with van der Waals surface area (Å²) in [5.74, 6) is -0.770. The van der Waals surface area contributed by atoms with Crippen LogP contribution in [0.3, 0.4) is 0 Å². The molecule has 1 aliphatic heterocycles. The van der Waals surface area contributed by atoms with Crippen molar-refractivity contribution in [3.05, 3.63) is 0 Å². The Balaban J connectivity index is 2.13. The fraction of sp³-hybridized carbons (Fsp3) is 0.857. The van der Waals surface area contributed by atoms with Crippen LogP contribution < -0.4 is 0 Å². The second kappa shape index (κ2) is 3.87. The lowest BCUT2D eigenvalue weighted by Crippen LogP contribution is -2.57. The van der Waals surface area contributed by atoms with Gasteiger partial charge in [-0.15, -0.1) is 0 Å². The van der Waals surface area contributed by atoms with Crippen molar-refractivity contribution in [3.8, 4) is 0 Å². The molecule has 2 atom stereocenters. The van der Waals surface area contributed by atoms with Crippen molar-refractivity contribution in [2.24, 2.45) is 16.7 Å². The summed E-state index contributed by atoms with van der Waals surface area (Å²) >= 11 is 0. The Kier molecular flexibility index (Phi) is 2.88. The Morgan fingerprint density at radius 3 is 2.26 bits per heavy atom. The maximum Gasteiger partial charge on any atom is 0.410 e. The number of carboxylic acid groups (broad SMARTS) is 1. The molecule has 1 N–H and O–H groups in total. The van der Waals surface area contributed by atoms with Crippen LogP contribution in [0.15, 0.2) is 0 Å². The Labute approximate surface area is 113 Å². The first-order valence-electron chi connectivity index (χ1n) is 6.69. The third kappa shape index (κ3) is 2.19. The van der Waals surface area contributed by atoms with Crippen LogP contribution in [0.2, 0.25) is 0 Å². The zero-order chi connectivity index (χ0) is 14.6. The van der Waals surface area contributed by atoms with Gasteiger partial charge in [0.1, 0.15) is 5.60 Å². The van der Waals surface area contributed by atoms with Gasteiger partial charge in [0.25, 0.3) is 0 Å². The molecule has 1 heterocycles. The summed E-state index contributed by atoms with van der Waals surface area (Å²) < 4.78 is 5.33. The number of fused-ring (bicyclic) bond motifs is 1. The molecule has 5 nitrogen and oxygen atoms in total. The van der Waals surface area contributed by atoms with Gasteiger partial charge in [-0.2, -0.15) is 0 Å². The molecule has 1 saturated carbocycles. The molecule has 0 aromatic rings. The summed E-state index contributed by atoms with van der Waals surface area (Å²) in [6, 6.07) is 0. The molecule has 108 valence electrons. The molecule has 1 saturated heterocycles. The summed E-state index contributed by atoms with van der Waals surface area (Å²) in [4.78, 5) is 25.2. The zero-order valence-electron chi connectivity index (χ0n) is 12.3. The van der Waals surface area contributed by atoms with Crippen molar-refractivity contribution in [1.82, 2.24) is 4.90 Å². The van der Waals surface area contributed by atoms with E-state index < -0.39 is 23.1 Å². The van der Waals surface area contributed by atoms with Gasteiger partial charge in [0.2, 0.25) is 0 Å². The van der Waals surface area contributed by atoms with E-state index in [1.165, 1.54) is 0 Å². The molecule has 0 unspecified atom stereocenters. The third-order valence-corrected chi connectivity index (χ3v) is 4.34. The SMILES string of the molecule is CC(C)(C)OC(=O)N1C[C@H]2C(C)(C)C[C@@]2(C(=O)O)C1. The highest BCUT2D eigenvalue weighted by Crippen LogP contribution is 2.62. The van der Waals surface area contributed by atoms with E-state index in [0.29, 0.717) is 13.0 Å². The standard InChI is InChI=1S/C14H23NO4/c1-12(2,3)19-11(18)15-6-9-13(4,5)7-14(9,8-15)10(16)17/h9H,6-8H2,1-5H3,(H,16,17)/t9-,14+/m0/s1. The Hall–Kier alpha value is -1.26. The number of carbonyl (C=O) groups is 2. The molecule has 5 heteroatoms. The van der Waals surface area contributed by atoms with Crippen LogP contribution in [-0.2, 0) is 9.53 Å². The number of hydrogen-bond donors (Lipinski definition) is 1. The van der Waals surface area contributed by atoms with Gasteiger partial charge in [-0.1, -0.05) is 13.8 Å². The van der Waals surface area contributed by atoms with Crippen LogP contribution >= 0.6 is 0 Å². The van der Waals surface area contributed by atoms with Gasteiger partial charge in [0.05, 0.1) is 5.41 Å². The molecule has 0 spiro atoms. The average molecular weight is 269 g/mol. The minimum Gasteiger partial charge on any atom is -0.481 e. The Bertz CT molecular complexity index is 424. The Morgan fingerprint density at radius 2 is 1.89 bits per heavy atom. The molecule has 0 radical (unpaired) electrons. The number of carbonyl (C=O) groups excluding carboxylic acids is 1. The highest BCUT2D eigenvalue weighted by Gasteiger charge is 2.67.